The number of ether oxygens (including phenoxy) is 2. The van der Waals surface area contributed by atoms with Crippen molar-refractivity contribution in [1.82, 2.24) is 15.1 Å². The minimum atomic E-state index is -0.446. The van der Waals surface area contributed by atoms with Gasteiger partial charge in [-0.15, -0.1) is 0 Å². The van der Waals surface area contributed by atoms with E-state index in [1.807, 2.05) is 47.6 Å². The lowest BCUT2D eigenvalue weighted by Gasteiger charge is -2.37. The molecular formula is C31H36N4O4S. The van der Waals surface area contributed by atoms with Crippen molar-refractivity contribution in [1.29, 1.82) is 0 Å². The van der Waals surface area contributed by atoms with Gasteiger partial charge in [-0.2, -0.15) is 0 Å². The minimum Gasteiger partial charge on any atom is -0.457 e. The summed E-state index contributed by atoms with van der Waals surface area (Å²) in [6.07, 6.45) is 0.196. The maximum atomic E-state index is 13.7. The number of aryl methyl sites for hydroxylation is 2. The second kappa shape index (κ2) is 12.8. The Morgan fingerprint density at radius 1 is 1.10 bits per heavy atom. The van der Waals surface area contributed by atoms with Crippen LogP contribution in [0.2, 0.25) is 0 Å². The molecule has 3 aliphatic rings. The van der Waals surface area contributed by atoms with E-state index in [9.17, 15) is 9.59 Å². The second-order valence-electron chi connectivity index (χ2n) is 10.3. The Balaban J connectivity index is 1.36. The van der Waals surface area contributed by atoms with E-state index in [0.717, 1.165) is 66.0 Å². The first-order valence-corrected chi connectivity index (χ1v) is 14.6. The predicted molar refractivity (Wildman–Crippen MR) is 157 cm³/mol. The molecule has 8 nitrogen and oxygen atoms in total. The summed E-state index contributed by atoms with van der Waals surface area (Å²) in [6.45, 7) is 10.8. The number of esters is 1. The number of hydrogen-bond acceptors (Lipinski definition) is 8. The first kappa shape index (κ1) is 28.1. The standard InChI is InChI=1S/C31H36N4O4S/c1-21-9-10-26(22(2)17-21)29-28(30(37)39-19-24-7-5-4-6-8-24)23(3)33-31-35(29)25(20-40-31)18-27(36)32-11-12-34-13-15-38-16-14-34/h4-10,17,20,29H,11-16,18-19H2,1-3H3,(H,32,36)/t29-/m1/s1. The summed E-state index contributed by atoms with van der Waals surface area (Å²) in [7, 11) is 0. The summed E-state index contributed by atoms with van der Waals surface area (Å²) in [6, 6.07) is 15.4. The molecule has 3 aliphatic heterocycles. The lowest BCUT2D eigenvalue weighted by Crippen LogP contribution is -2.42. The molecule has 0 saturated carbocycles. The molecule has 9 heteroatoms. The highest BCUT2D eigenvalue weighted by Gasteiger charge is 2.41. The fourth-order valence-electron chi connectivity index (χ4n) is 5.26. The maximum Gasteiger partial charge on any atom is 0.338 e. The van der Waals surface area contributed by atoms with Gasteiger partial charge in [-0.05, 0) is 42.9 Å². The third-order valence-electron chi connectivity index (χ3n) is 7.35. The molecule has 0 radical (unpaired) electrons. The second-order valence-corrected chi connectivity index (χ2v) is 11.1. The first-order valence-electron chi connectivity index (χ1n) is 13.7. The Morgan fingerprint density at radius 2 is 1.88 bits per heavy atom. The van der Waals surface area contributed by atoms with Crippen molar-refractivity contribution in [2.24, 2.45) is 4.99 Å². The van der Waals surface area contributed by atoms with Crippen LogP contribution in [-0.2, 0) is 25.7 Å². The lowest BCUT2D eigenvalue weighted by atomic mass is 9.90. The van der Waals surface area contributed by atoms with E-state index in [1.54, 1.807) is 0 Å². The Hall–Kier alpha value is -3.40. The number of nitrogens with one attached hydrogen (secondary N) is 1. The molecule has 0 spiro atoms. The number of amides is 1. The van der Waals surface area contributed by atoms with Crippen LogP contribution in [0.25, 0.3) is 0 Å². The molecule has 2 aromatic rings. The van der Waals surface area contributed by atoms with Gasteiger partial charge in [-0.1, -0.05) is 65.9 Å². The van der Waals surface area contributed by atoms with Crippen molar-refractivity contribution >= 4 is 28.8 Å². The molecule has 1 amide bonds. The first-order chi connectivity index (χ1) is 19.4. The monoisotopic (exact) mass is 560 g/mol. The fourth-order valence-corrected chi connectivity index (χ4v) is 6.23. The number of nitrogens with zero attached hydrogens (tertiary/aromatic N) is 3. The van der Waals surface area contributed by atoms with Crippen molar-refractivity contribution in [3.8, 4) is 0 Å². The number of carbonyl (C=O) groups is 2. The zero-order valence-electron chi connectivity index (χ0n) is 23.3. The molecule has 0 aromatic heterocycles. The number of amidine groups is 1. The third kappa shape index (κ3) is 6.49. The molecule has 0 bridgehead atoms. The number of allylic oxidation sites excluding steroid dienone is 1. The lowest BCUT2D eigenvalue weighted by molar-refractivity contribution is -0.141. The van der Waals surface area contributed by atoms with Gasteiger partial charge in [0.05, 0.1) is 36.9 Å². The fraction of sp³-hybridized carbons (Fsp3) is 0.387. The molecule has 1 N–H and O–H groups in total. The van der Waals surface area contributed by atoms with E-state index in [1.165, 1.54) is 11.8 Å². The Labute approximate surface area is 240 Å². The minimum absolute atomic E-state index is 0.0554. The number of fused-ring (bicyclic) bond motifs is 1. The van der Waals surface area contributed by atoms with Crippen LogP contribution in [0.15, 0.2) is 75.9 Å². The molecule has 2 aromatic carbocycles. The molecule has 0 aliphatic carbocycles. The summed E-state index contributed by atoms with van der Waals surface area (Å²) < 4.78 is 11.2. The maximum absolute atomic E-state index is 13.7. The summed E-state index contributed by atoms with van der Waals surface area (Å²) in [5.74, 6) is -0.458. The molecule has 3 heterocycles. The van der Waals surface area contributed by atoms with E-state index < -0.39 is 12.0 Å². The van der Waals surface area contributed by atoms with Crippen molar-refractivity contribution in [3.05, 3.63) is 93.2 Å². The van der Waals surface area contributed by atoms with E-state index in [2.05, 4.69) is 42.3 Å². The quantitative estimate of drug-likeness (QED) is 0.454. The van der Waals surface area contributed by atoms with Gasteiger partial charge < -0.3 is 19.7 Å². The zero-order chi connectivity index (χ0) is 28.1. The van der Waals surface area contributed by atoms with Crippen LogP contribution >= 0.6 is 11.8 Å². The summed E-state index contributed by atoms with van der Waals surface area (Å²) in [5.41, 5.74) is 6.07. The average Bonchev–Trinajstić information content (AvgIpc) is 3.34. The third-order valence-corrected chi connectivity index (χ3v) is 8.24. The molecule has 5 rings (SSSR count). The smallest absolute Gasteiger partial charge is 0.338 e. The summed E-state index contributed by atoms with van der Waals surface area (Å²) >= 11 is 1.48. The van der Waals surface area contributed by atoms with Gasteiger partial charge in [0.2, 0.25) is 5.91 Å². The van der Waals surface area contributed by atoms with Crippen LogP contribution in [0.1, 0.15) is 41.6 Å². The van der Waals surface area contributed by atoms with Gasteiger partial charge >= 0.3 is 5.97 Å². The summed E-state index contributed by atoms with van der Waals surface area (Å²) in [5, 5.41) is 5.80. The van der Waals surface area contributed by atoms with Crippen LogP contribution < -0.4 is 5.32 Å². The Morgan fingerprint density at radius 3 is 2.62 bits per heavy atom. The predicted octanol–water partition coefficient (Wildman–Crippen LogP) is 4.46. The van der Waals surface area contributed by atoms with Crippen LogP contribution in [0.4, 0.5) is 0 Å². The van der Waals surface area contributed by atoms with E-state index in [0.29, 0.717) is 17.8 Å². The highest BCUT2D eigenvalue weighted by molar-refractivity contribution is 8.16. The molecule has 1 fully saturated rings. The number of hydrogen-bond donors (Lipinski definition) is 1. The van der Waals surface area contributed by atoms with Crippen LogP contribution in [-0.4, -0.2) is 66.2 Å². The number of morpholine rings is 1. The molecule has 210 valence electrons. The van der Waals surface area contributed by atoms with Gasteiger partial charge in [-0.3, -0.25) is 9.69 Å². The van der Waals surface area contributed by atoms with Crippen LogP contribution in [0.3, 0.4) is 0 Å². The number of carbonyl (C=O) groups excluding carboxylic acids is 2. The van der Waals surface area contributed by atoms with Crippen molar-refractivity contribution in [2.45, 2.75) is 39.8 Å². The van der Waals surface area contributed by atoms with E-state index in [4.69, 9.17) is 14.5 Å². The molecule has 1 saturated heterocycles. The zero-order valence-corrected chi connectivity index (χ0v) is 24.1. The largest absolute Gasteiger partial charge is 0.457 e. The van der Waals surface area contributed by atoms with Crippen LogP contribution in [0, 0.1) is 13.8 Å². The SMILES string of the molecule is CC1=C(C(=O)OCc2ccccc2)[C@@H](c2ccc(C)cc2C)N2C(CC(=O)NCCN3CCOCC3)=CSC2=N1. The van der Waals surface area contributed by atoms with Gasteiger partial charge in [0.15, 0.2) is 5.17 Å². The van der Waals surface area contributed by atoms with E-state index in [-0.39, 0.29) is 18.9 Å². The Bertz CT molecular complexity index is 1350. The van der Waals surface area contributed by atoms with Gasteiger partial charge in [-0.25, -0.2) is 9.79 Å². The average molecular weight is 561 g/mol. The Kier molecular flexibility index (Phi) is 9.04. The molecule has 40 heavy (non-hydrogen) atoms. The van der Waals surface area contributed by atoms with Crippen LogP contribution in [0.5, 0.6) is 0 Å². The van der Waals surface area contributed by atoms with Crippen molar-refractivity contribution < 1.29 is 19.1 Å². The number of rotatable bonds is 9. The normalized spacial score (nSPS) is 19.2. The number of aliphatic imine (C=N–C) groups is 1. The summed E-state index contributed by atoms with van der Waals surface area (Å²) in [4.78, 5) is 35.8. The van der Waals surface area contributed by atoms with E-state index >= 15 is 0 Å². The van der Waals surface area contributed by atoms with Gasteiger partial charge in [0.25, 0.3) is 0 Å². The topological polar surface area (TPSA) is 83.5 Å². The van der Waals surface area contributed by atoms with Gasteiger partial charge in [0.1, 0.15) is 6.61 Å². The highest BCUT2D eigenvalue weighted by Crippen LogP contribution is 2.45. The molecular weight excluding hydrogens is 524 g/mol. The van der Waals surface area contributed by atoms with Crippen molar-refractivity contribution in [3.63, 3.8) is 0 Å². The van der Waals surface area contributed by atoms with Gasteiger partial charge in [0, 0.05) is 31.9 Å². The molecule has 1 atom stereocenters. The number of benzene rings is 2. The molecule has 0 unspecified atom stereocenters. The van der Waals surface area contributed by atoms with Crippen molar-refractivity contribution in [2.75, 3.05) is 39.4 Å². The number of thioether (sulfide) groups is 1. The highest BCUT2D eigenvalue weighted by atomic mass is 32.2.